The summed E-state index contributed by atoms with van der Waals surface area (Å²) in [6.45, 7) is 0.989. The standard InChI is InChI=1S/C23H32N4O5/c1-27(2)21(28)15-26-23(24-13-16-7-9-18(29-3)10-8-16)25-14-17-11-19(30-4)22(32-6)20(12-17)31-5/h7-12H,13-15H2,1-6H3,(H2,24,25,26). The normalized spacial score (nSPS) is 10.9. The Morgan fingerprint density at radius 3 is 2.00 bits per heavy atom. The van der Waals surface area contributed by atoms with Crippen LogP contribution in [0.4, 0.5) is 0 Å². The van der Waals surface area contributed by atoms with Gasteiger partial charge in [-0.2, -0.15) is 0 Å². The monoisotopic (exact) mass is 444 g/mol. The molecule has 9 heteroatoms. The van der Waals surface area contributed by atoms with Crippen molar-refractivity contribution in [1.82, 2.24) is 15.5 Å². The topological polar surface area (TPSA) is 93.6 Å². The number of nitrogens with one attached hydrogen (secondary N) is 2. The summed E-state index contributed by atoms with van der Waals surface area (Å²) in [4.78, 5) is 18.2. The molecule has 0 aliphatic carbocycles. The summed E-state index contributed by atoms with van der Waals surface area (Å²) in [5.74, 6) is 2.87. The largest absolute Gasteiger partial charge is 0.497 e. The molecule has 0 saturated carbocycles. The van der Waals surface area contributed by atoms with Crippen molar-refractivity contribution in [2.24, 2.45) is 4.99 Å². The maximum Gasteiger partial charge on any atom is 0.241 e. The number of nitrogens with zero attached hydrogens (tertiary/aromatic N) is 2. The summed E-state index contributed by atoms with van der Waals surface area (Å²) in [6.07, 6.45) is 0. The smallest absolute Gasteiger partial charge is 0.241 e. The zero-order valence-electron chi connectivity index (χ0n) is 19.5. The molecule has 0 bridgehead atoms. The molecule has 2 aromatic carbocycles. The predicted molar refractivity (Wildman–Crippen MR) is 124 cm³/mol. The van der Waals surface area contributed by atoms with Crippen molar-refractivity contribution in [2.75, 3.05) is 49.1 Å². The fourth-order valence-corrected chi connectivity index (χ4v) is 2.82. The van der Waals surface area contributed by atoms with Crippen molar-refractivity contribution in [1.29, 1.82) is 0 Å². The number of benzene rings is 2. The van der Waals surface area contributed by atoms with Crippen molar-refractivity contribution in [3.63, 3.8) is 0 Å². The highest BCUT2D eigenvalue weighted by molar-refractivity contribution is 5.86. The van der Waals surface area contributed by atoms with E-state index in [1.807, 2.05) is 36.4 Å². The van der Waals surface area contributed by atoms with E-state index in [2.05, 4.69) is 15.6 Å². The van der Waals surface area contributed by atoms with Crippen LogP contribution in [0.1, 0.15) is 11.1 Å². The number of guanidine groups is 1. The number of rotatable bonds is 10. The summed E-state index contributed by atoms with van der Waals surface area (Å²) in [7, 11) is 9.75. The molecule has 0 fully saturated rings. The van der Waals surface area contributed by atoms with Crippen LogP contribution in [-0.4, -0.2) is 65.8 Å². The summed E-state index contributed by atoms with van der Waals surface area (Å²) in [5.41, 5.74) is 1.91. The molecule has 0 aliphatic heterocycles. The van der Waals surface area contributed by atoms with Gasteiger partial charge in [0.1, 0.15) is 5.75 Å². The first-order valence-corrected chi connectivity index (χ1v) is 10.1. The fourth-order valence-electron chi connectivity index (χ4n) is 2.82. The first-order chi connectivity index (χ1) is 15.4. The second kappa shape index (κ2) is 12.3. The maximum atomic E-state index is 12.0. The number of likely N-dealkylation sites (N-methyl/N-ethyl adjacent to an activating group) is 1. The van der Waals surface area contributed by atoms with Crippen LogP contribution in [-0.2, 0) is 17.9 Å². The quantitative estimate of drug-likeness (QED) is 0.428. The molecule has 2 N–H and O–H groups in total. The van der Waals surface area contributed by atoms with Crippen molar-refractivity contribution >= 4 is 11.9 Å². The van der Waals surface area contributed by atoms with Crippen LogP contribution < -0.4 is 29.6 Å². The Morgan fingerprint density at radius 1 is 0.875 bits per heavy atom. The van der Waals surface area contributed by atoms with E-state index in [0.717, 1.165) is 16.9 Å². The highest BCUT2D eigenvalue weighted by Gasteiger charge is 2.13. The highest BCUT2D eigenvalue weighted by Crippen LogP contribution is 2.38. The van der Waals surface area contributed by atoms with E-state index >= 15 is 0 Å². The molecule has 1 amide bonds. The molecule has 0 atom stereocenters. The van der Waals surface area contributed by atoms with Crippen LogP contribution in [0.15, 0.2) is 41.4 Å². The molecule has 9 nitrogen and oxygen atoms in total. The molecule has 0 aliphatic rings. The van der Waals surface area contributed by atoms with E-state index in [0.29, 0.717) is 36.3 Å². The molecule has 174 valence electrons. The fraction of sp³-hybridized carbons (Fsp3) is 0.391. The first kappa shape index (κ1) is 24.6. The van der Waals surface area contributed by atoms with Crippen LogP contribution >= 0.6 is 0 Å². The van der Waals surface area contributed by atoms with Crippen molar-refractivity contribution in [3.05, 3.63) is 47.5 Å². The lowest BCUT2D eigenvalue weighted by Gasteiger charge is -2.16. The van der Waals surface area contributed by atoms with Crippen molar-refractivity contribution in [3.8, 4) is 23.0 Å². The Kier molecular flexibility index (Phi) is 9.46. The van der Waals surface area contributed by atoms with Gasteiger partial charge in [0.25, 0.3) is 0 Å². The summed E-state index contributed by atoms with van der Waals surface area (Å²) < 4.78 is 21.4. The van der Waals surface area contributed by atoms with Gasteiger partial charge in [0.15, 0.2) is 17.5 Å². The summed E-state index contributed by atoms with van der Waals surface area (Å²) in [5, 5.41) is 6.34. The van der Waals surface area contributed by atoms with E-state index in [1.54, 1.807) is 42.5 Å². The Bertz CT molecular complexity index is 888. The molecule has 2 rings (SSSR count). The molecule has 2 aromatic rings. The van der Waals surface area contributed by atoms with Gasteiger partial charge in [-0.1, -0.05) is 12.1 Å². The molecule has 0 aromatic heterocycles. The third-order valence-electron chi connectivity index (χ3n) is 4.67. The Balaban J connectivity index is 2.18. The highest BCUT2D eigenvalue weighted by atomic mass is 16.5. The van der Waals surface area contributed by atoms with Gasteiger partial charge in [0, 0.05) is 20.6 Å². The lowest BCUT2D eigenvalue weighted by molar-refractivity contribution is -0.127. The van der Waals surface area contributed by atoms with Gasteiger partial charge in [-0.15, -0.1) is 0 Å². The van der Waals surface area contributed by atoms with E-state index in [1.165, 1.54) is 4.90 Å². The second-order valence-corrected chi connectivity index (χ2v) is 7.04. The minimum absolute atomic E-state index is 0.0586. The van der Waals surface area contributed by atoms with Crippen molar-refractivity contribution < 1.29 is 23.7 Å². The van der Waals surface area contributed by atoms with E-state index < -0.39 is 0 Å². The Morgan fingerprint density at radius 2 is 1.50 bits per heavy atom. The number of carbonyl (C=O) groups excluding carboxylic acids is 1. The number of hydrogen-bond donors (Lipinski definition) is 2. The number of amides is 1. The summed E-state index contributed by atoms with van der Waals surface area (Å²) >= 11 is 0. The van der Waals surface area contributed by atoms with Gasteiger partial charge in [0.2, 0.25) is 11.7 Å². The van der Waals surface area contributed by atoms with Gasteiger partial charge < -0.3 is 34.5 Å². The van der Waals surface area contributed by atoms with E-state index in [4.69, 9.17) is 18.9 Å². The summed E-state index contributed by atoms with van der Waals surface area (Å²) in [6, 6.07) is 11.4. The molecule has 0 heterocycles. The van der Waals surface area contributed by atoms with Gasteiger partial charge in [-0.05, 0) is 35.4 Å². The number of ether oxygens (including phenoxy) is 4. The zero-order valence-corrected chi connectivity index (χ0v) is 19.5. The molecular weight excluding hydrogens is 412 g/mol. The maximum absolute atomic E-state index is 12.0. The van der Waals surface area contributed by atoms with E-state index in [9.17, 15) is 4.79 Å². The average molecular weight is 445 g/mol. The molecule has 32 heavy (non-hydrogen) atoms. The van der Waals surface area contributed by atoms with Crippen LogP contribution in [0.3, 0.4) is 0 Å². The van der Waals surface area contributed by atoms with Crippen LogP contribution in [0.25, 0.3) is 0 Å². The number of aliphatic imine (C=N–C) groups is 1. The van der Waals surface area contributed by atoms with E-state index in [-0.39, 0.29) is 12.5 Å². The predicted octanol–water partition coefficient (Wildman–Crippen LogP) is 2.04. The number of methoxy groups -OCH3 is 4. The molecule has 0 unspecified atom stereocenters. The Hall–Kier alpha value is -3.62. The average Bonchev–Trinajstić information content (AvgIpc) is 2.82. The van der Waals surface area contributed by atoms with Gasteiger partial charge >= 0.3 is 0 Å². The molecular formula is C23H32N4O5. The molecule has 0 spiro atoms. The van der Waals surface area contributed by atoms with Gasteiger partial charge in [0.05, 0.1) is 41.5 Å². The Labute approximate surface area is 189 Å². The van der Waals surface area contributed by atoms with Crippen LogP contribution in [0.2, 0.25) is 0 Å². The molecule has 0 saturated heterocycles. The van der Waals surface area contributed by atoms with Gasteiger partial charge in [-0.3, -0.25) is 4.79 Å². The minimum atomic E-state index is -0.0586. The van der Waals surface area contributed by atoms with Gasteiger partial charge in [-0.25, -0.2) is 4.99 Å². The molecule has 0 radical (unpaired) electrons. The zero-order chi connectivity index (χ0) is 23.5. The minimum Gasteiger partial charge on any atom is -0.497 e. The number of hydrogen-bond acceptors (Lipinski definition) is 6. The van der Waals surface area contributed by atoms with Crippen LogP contribution in [0, 0.1) is 0 Å². The van der Waals surface area contributed by atoms with Crippen LogP contribution in [0.5, 0.6) is 23.0 Å². The SMILES string of the molecule is COc1ccc(CNC(=NCc2cc(OC)c(OC)c(OC)c2)NCC(=O)N(C)C)cc1. The third kappa shape index (κ3) is 6.97. The second-order valence-electron chi connectivity index (χ2n) is 7.04. The number of carbonyl (C=O) groups is 1. The first-order valence-electron chi connectivity index (χ1n) is 10.1. The van der Waals surface area contributed by atoms with Crippen molar-refractivity contribution in [2.45, 2.75) is 13.1 Å². The third-order valence-corrected chi connectivity index (χ3v) is 4.67. The lowest BCUT2D eigenvalue weighted by atomic mass is 10.2. The lowest BCUT2D eigenvalue weighted by Crippen LogP contribution is -2.42.